The molecule has 0 bridgehead atoms. The third kappa shape index (κ3) is 3.57. The van der Waals surface area contributed by atoms with Gasteiger partial charge >= 0.3 is 7.12 Å². The molecule has 23 heavy (non-hydrogen) atoms. The van der Waals surface area contributed by atoms with Crippen molar-refractivity contribution in [3.63, 3.8) is 0 Å². The third-order valence-corrected chi connectivity index (χ3v) is 4.67. The van der Waals surface area contributed by atoms with E-state index in [4.69, 9.17) is 14.0 Å². The second-order valence-electron chi connectivity index (χ2n) is 6.90. The summed E-state index contributed by atoms with van der Waals surface area (Å²) in [6.07, 6.45) is 5.57. The molecule has 1 aromatic rings. The highest BCUT2D eigenvalue weighted by atomic mass is 16.7. The van der Waals surface area contributed by atoms with Crippen LogP contribution in [-0.2, 0) is 14.0 Å². The molecule has 0 aromatic carbocycles. The number of aromatic nitrogens is 2. The Morgan fingerprint density at radius 2 is 1.61 bits per heavy atom. The Balaban J connectivity index is 1.62. The summed E-state index contributed by atoms with van der Waals surface area (Å²) < 4.78 is 17.2. The fraction of sp³-hybridized carbons (Fsp3) is 0.625. The van der Waals surface area contributed by atoms with Gasteiger partial charge in [-0.15, -0.1) is 0 Å². The first-order valence-corrected chi connectivity index (χ1v) is 8.06. The number of rotatable bonds is 3. The predicted octanol–water partition coefficient (Wildman–Crippen LogP) is 1.96. The summed E-state index contributed by atoms with van der Waals surface area (Å²) >= 11 is 0. The van der Waals surface area contributed by atoms with Gasteiger partial charge in [0.1, 0.15) is 0 Å². The van der Waals surface area contributed by atoms with E-state index in [0.717, 1.165) is 37.8 Å². The highest BCUT2D eigenvalue weighted by Crippen LogP contribution is 2.36. The van der Waals surface area contributed by atoms with Gasteiger partial charge in [0.2, 0.25) is 5.95 Å². The van der Waals surface area contributed by atoms with Gasteiger partial charge in [-0.05, 0) is 27.7 Å². The maximum Gasteiger partial charge on any atom is 0.487 e. The summed E-state index contributed by atoms with van der Waals surface area (Å²) in [5, 5.41) is 0. The molecule has 3 rings (SSSR count). The molecule has 0 amide bonds. The van der Waals surface area contributed by atoms with Crippen molar-refractivity contribution in [3.8, 4) is 0 Å². The zero-order chi connectivity index (χ0) is 16.5. The average molecular weight is 317 g/mol. The summed E-state index contributed by atoms with van der Waals surface area (Å²) in [6.45, 7) is 11.3. The zero-order valence-electron chi connectivity index (χ0n) is 14.3. The van der Waals surface area contributed by atoms with E-state index in [1.807, 2.05) is 52.1 Å². The second kappa shape index (κ2) is 6.22. The Bertz CT molecular complexity index is 552. The van der Waals surface area contributed by atoms with E-state index < -0.39 is 0 Å². The SMILES string of the molecule is CC1(C)OB(/C=C/c2cnc(N3CCOCC3)nc2)OC1(C)C. The van der Waals surface area contributed by atoms with E-state index in [9.17, 15) is 0 Å². The Morgan fingerprint density at radius 1 is 1.04 bits per heavy atom. The lowest BCUT2D eigenvalue weighted by atomic mass is 9.89. The van der Waals surface area contributed by atoms with Crippen LogP contribution >= 0.6 is 0 Å². The van der Waals surface area contributed by atoms with Crippen LogP contribution in [0.3, 0.4) is 0 Å². The Labute approximate surface area is 138 Å². The van der Waals surface area contributed by atoms with E-state index >= 15 is 0 Å². The topological polar surface area (TPSA) is 56.7 Å². The Hall–Kier alpha value is -1.44. The minimum Gasteiger partial charge on any atom is -0.400 e. The molecule has 2 saturated heterocycles. The van der Waals surface area contributed by atoms with Gasteiger partial charge in [-0.3, -0.25) is 0 Å². The number of hydrogen-bond donors (Lipinski definition) is 0. The Morgan fingerprint density at radius 3 is 2.17 bits per heavy atom. The molecule has 124 valence electrons. The van der Waals surface area contributed by atoms with Crippen LogP contribution in [0.4, 0.5) is 5.95 Å². The van der Waals surface area contributed by atoms with Gasteiger partial charge in [0.15, 0.2) is 0 Å². The first-order chi connectivity index (χ1) is 10.9. The molecule has 2 aliphatic heterocycles. The van der Waals surface area contributed by atoms with E-state index in [1.165, 1.54) is 0 Å². The monoisotopic (exact) mass is 317 g/mol. The van der Waals surface area contributed by atoms with Crippen LogP contribution in [0.15, 0.2) is 18.4 Å². The van der Waals surface area contributed by atoms with E-state index in [2.05, 4.69) is 14.9 Å². The predicted molar refractivity (Wildman–Crippen MR) is 90.2 cm³/mol. The van der Waals surface area contributed by atoms with Gasteiger partial charge in [0, 0.05) is 31.0 Å². The molecule has 7 heteroatoms. The minimum absolute atomic E-state index is 0.321. The molecule has 0 spiro atoms. The molecule has 0 saturated carbocycles. The van der Waals surface area contributed by atoms with Gasteiger partial charge in [0.05, 0.1) is 24.4 Å². The summed E-state index contributed by atoms with van der Waals surface area (Å²) in [4.78, 5) is 11.0. The van der Waals surface area contributed by atoms with Crippen LogP contribution in [0.25, 0.3) is 6.08 Å². The zero-order valence-corrected chi connectivity index (χ0v) is 14.3. The molecule has 2 aliphatic rings. The number of morpholine rings is 1. The molecule has 0 atom stereocenters. The van der Waals surface area contributed by atoms with Gasteiger partial charge in [-0.1, -0.05) is 12.1 Å². The first-order valence-electron chi connectivity index (χ1n) is 8.06. The van der Waals surface area contributed by atoms with Crippen molar-refractivity contribution < 1.29 is 14.0 Å². The lowest BCUT2D eigenvalue weighted by Crippen LogP contribution is -2.41. The fourth-order valence-corrected chi connectivity index (χ4v) is 2.50. The van der Waals surface area contributed by atoms with Crippen molar-refractivity contribution in [2.24, 2.45) is 0 Å². The van der Waals surface area contributed by atoms with Gasteiger partial charge in [0.25, 0.3) is 0 Å². The normalized spacial score (nSPS) is 23.7. The second-order valence-corrected chi connectivity index (χ2v) is 6.90. The number of hydrogen-bond acceptors (Lipinski definition) is 6. The third-order valence-electron chi connectivity index (χ3n) is 4.67. The van der Waals surface area contributed by atoms with Crippen molar-refractivity contribution >= 4 is 19.1 Å². The highest BCUT2D eigenvalue weighted by molar-refractivity contribution is 6.52. The van der Waals surface area contributed by atoms with Crippen molar-refractivity contribution in [2.75, 3.05) is 31.2 Å². The van der Waals surface area contributed by atoms with E-state index in [0.29, 0.717) is 0 Å². The van der Waals surface area contributed by atoms with Crippen LogP contribution in [0.5, 0.6) is 0 Å². The minimum atomic E-state index is -0.348. The lowest BCUT2D eigenvalue weighted by molar-refractivity contribution is 0.00578. The number of ether oxygens (including phenoxy) is 1. The largest absolute Gasteiger partial charge is 0.487 e. The van der Waals surface area contributed by atoms with Crippen molar-refractivity contribution in [3.05, 3.63) is 23.9 Å². The molecule has 0 aliphatic carbocycles. The fourth-order valence-electron chi connectivity index (χ4n) is 2.50. The summed E-state index contributed by atoms with van der Waals surface area (Å²) in [6, 6.07) is 0. The first kappa shape index (κ1) is 16.4. The molecule has 0 radical (unpaired) electrons. The Kier molecular flexibility index (Phi) is 4.44. The smallest absolute Gasteiger partial charge is 0.400 e. The molecule has 0 unspecified atom stereocenters. The summed E-state index contributed by atoms with van der Waals surface area (Å²) in [7, 11) is -0.348. The van der Waals surface area contributed by atoms with Crippen molar-refractivity contribution in [1.82, 2.24) is 9.97 Å². The quantitative estimate of drug-likeness (QED) is 0.794. The standard InChI is InChI=1S/C16H24BN3O3/c1-15(2)16(3,4)23-17(22-15)6-5-13-11-18-14(19-12-13)20-7-9-21-10-8-20/h5-6,11-12H,7-10H2,1-4H3/b6-5+. The summed E-state index contributed by atoms with van der Waals surface area (Å²) in [5.74, 6) is 2.66. The van der Waals surface area contributed by atoms with Crippen LogP contribution in [0.1, 0.15) is 33.3 Å². The number of nitrogens with zero attached hydrogens (tertiary/aromatic N) is 3. The average Bonchev–Trinajstić information content (AvgIpc) is 2.74. The maximum absolute atomic E-state index is 5.93. The van der Waals surface area contributed by atoms with Gasteiger partial charge < -0.3 is 18.9 Å². The van der Waals surface area contributed by atoms with Crippen molar-refractivity contribution in [1.29, 1.82) is 0 Å². The number of anilines is 1. The van der Waals surface area contributed by atoms with Crippen LogP contribution in [0, 0.1) is 0 Å². The van der Waals surface area contributed by atoms with Crippen LogP contribution < -0.4 is 4.90 Å². The molecule has 6 nitrogen and oxygen atoms in total. The van der Waals surface area contributed by atoms with E-state index in [1.54, 1.807) is 0 Å². The van der Waals surface area contributed by atoms with Crippen LogP contribution in [-0.4, -0.2) is 54.6 Å². The molecule has 0 N–H and O–H groups in total. The highest BCUT2D eigenvalue weighted by Gasteiger charge is 2.49. The molecule has 3 heterocycles. The van der Waals surface area contributed by atoms with Crippen molar-refractivity contribution in [2.45, 2.75) is 38.9 Å². The molecular formula is C16H24BN3O3. The van der Waals surface area contributed by atoms with E-state index in [-0.39, 0.29) is 18.3 Å². The molecule has 2 fully saturated rings. The maximum atomic E-state index is 5.93. The summed E-state index contributed by atoms with van der Waals surface area (Å²) in [5.41, 5.74) is 0.286. The molecule has 1 aromatic heterocycles. The lowest BCUT2D eigenvalue weighted by Gasteiger charge is -2.32. The molecular weight excluding hydrogens is 293 g/mol. The van der Waals surface area contributed by atoms with Crippen LogP contribution in [0.2, 0.25) is 0 Å². The van der Waals surface area contributed by atoms with Gasteiger partial charge in [-0.2, -0.15) is 0 Å². The van der Waals surface area contributed by atoms with Gasteiger partial charge in [-0.25, -0.2) is 9.97 Å².